The Morgan fingerprint density at radius 1 is 1.07 bits per heavy atom. The van der Waals surface area contributed by atoms with Crippen molar-refractivity contribution in [1.29, 1.82) is 5.26 Å². The van der Waals surface area contributed by atoms with Crippen LogP contribution in [0.5, 0.6) is 11.5 Å². The minimum Gasteiger partial charge on any atom is -0.367 e. The van der Waals surface area contributed by atoms with E-state index < -0.39 is 32.3 Å². The van der Waals surface area contributed by atoms with Crippen LogP contribution >= 0.6 is 0 Å². The van der Waals surface area contributed by atoms with E-state index in [0.29, 0.717) is 13.0 Å². The Morgan fingerprint density at radius 3 is 2.07 bits per heavy atom. The van der Waals surface area contributed by atoms with Gasteiger partial charge in [-0.15, -0.1) is 0 Å². The molecule has 0 heterocycles. The topological polar surface area (TPSA) is 146 Å². The molecule has 1 N–H and O–H groups in total. The number of nitrogens with one attached hydrogen (secondary N) is 1. The lowest BCUT2D eigenvalue weighted by atomic mass is 10.1. The summed E-state index contributed by atoms with van der Waals surface area (Å²) in [5, 5.41) is 11.8. The first kappa shape index (κ1) is 25.4. The van der Waals surface area contributed by atoms with E-state index in [1.807, 2.05) is 6.92 Å². The zero-order valence-electron chi connectivity index (χ0n) is 17.2. The predicted octanol–water partition coefficient (Wildman–Crippen LogP) is 0.490. The fourth-order valence-electron chi connectivity index (χ4n) is 1.77. The molecule has 13 heteroatoms. The van der Waals surface area contributed by atoms with Crippen molar-refractivity contribution in [3.8, 4) is 17.6 Å². The SMILES string of the molecule is CCCNC(=O)C(C#N)=Cc1ccc(OS(=O)(=O)N(C)C)c(OS(=O)(=O)N(C)C)c1. The average molecular weight is 461 g/mol. The van der Waals surface area contributed by atoms with E-state index in [0.717, 1.165) is 20.7 Å². The molecule has 166 valence electrons. The second-order valence-corrected chi connectivity index (χ2v) is 9.78. The van der Waals surface area contributed by atoms with E-state index in [1.54, 1.807) is 6.07 Å². The highest BCUT2D eigenvalue weighted by molar-refractivity contribution is 7.85. The summed E-state index contributed by atoms with van der Waals surface area (Å²) >= 11 is 0. The highest BCUT2D eigenvalue weighted by atomic mass is 32.2. The number of rotatable bonds is 10. The van der Waals surface area contributed by atoms with Gasteiger partial charge < -0.3 is 13.7 Å². The van der Waals surface area contributed by atoms with Crippen molar-refractivity contribution in [3.63, 3.8) is 0 Å². The first-order chi connectivity index (χ1) is 13.8. The molecular weight excluding hydrogens is 436 g/mol. The molecular formula is C17H24N4O7S2. The van der Waals surface area contributed by atoms with Crippen LogP contribution in [0.2, 0.25) is 0 Å². The Balaban J connectivity index is 3.46. The minimum atomic E-state index is -4.25. The van der Waals surface area contributed by atoms with Gasteiger partial charge in [0.2, 0.25) is 0 Å². The first-order valence-corrected chi connectivity index (χ1v) is 11.3. The molecule has 30 heavy (non-hydrogen) atoms. The molecule has 0 saturated carbocycles. The highest BCUT2D eigenvalue weighted by Crippen LogP contribution is 2.32. The van der Waals surface area contributed by atoms with Gasteiger partial charge in [-0.05, 0) is 30.2 Å². The van der Waals surface area contributed by atoms with Crippen molar-refractivity contribution in [3.05, 3.63) is 29.3 Å². The van der Waals surface area contributed by atoms with Crippen LogP contribution in [0.4, 0.5) is 0 Å². The number of nitrogens with zero attached hydrogens (tertiary/aromatic N) is 3. The molecule has 0 aliphatic carbocycles. The Labute approximate surface area is 177 Å². The van der Waals surface area contributed by atoms with Gasteiger partial charge in [0.05, 0.1) is 0 Å². The quantitative estimate of drug-likeness (QED) is 0.392. The number of hydrogen-bond acceptors (Lipinski definition) is 8. The van der Waals surface area contributed by atoms with Gasteiger partial charge in [-0.25, -0.2) is 0 Å². The molecule has 0 atom stereocenters. The number of amides is 1. The highest BCUT2D eigenvalue weighted by Gasteiger charge is 2.24. The third-order valence-electron chi connectivity index (χ3n) is 3.46. The van der Waals surface area contributed by atoms with Crippen LogP contribution in [-0.4, -0.2) is 66.1 Å². The smallest absolute Gasteiger partial charge is 0.367 e. The second kappa shape index (κ2) is 10.4. The Morgan fingerprint density at radius 2 is 1.60 bits per heavy atom. The molecule has 0 aromatic heterocycles. The maximum atomic E-state index is 12.1. The lowest BCUT2D eigenvalue weighted by Gasteiger charge is -2.17. The molecule has 0 fully saturated rings. The van der Waals surface area contributed by atoms with Crippen LogP contribution in [0.3, 0.4) is 0 Å². The van der Waals surface area contributed by atoms with E-state index in [9.17, 15) is 26.9 Å². The zero-order valence-corrected chi connectivity index (χ0v) is 18.9. The van der Waals surface area contributed by atoms with Crippen LogP contribution in [0.15, 0.2) is 23.8 Å². The number of carbonyl (C=O) groups is 1. The summed E-state index contributed by atoms with van der Waals surface area (Å²) in [6.45, 7) is 2.23. The van der Waals surface area contributed by atoms with Gasteiger partial charge in [0, 0.05) is 34.7 Å². The van der Waals surface area contributed by atoms with Crippen LogP contribution in [-0.2, 0) is 25.4 Å². The van der Waals surface area contributed by atoms with Crippen LogP contribution in [0.1, 0.15) is 18.9 Å². The van der Waals surface area contributed by atoms with Gasteiger partial charge in [0.25, 0.3) is 5.91 Å². The maximum absolute atomic E-state index is 12.1. The summed E-state index contributed by atoms with van der Waals surface area (Å²) in [7, 11) is -3.53. The van der Waals surface area contributed by atoms with Crippen molar-refractivity contribution in [2.75, 3.05) is 34.7 Å². The average Bonchev–Trinajstić information content (AvgIpc) is 2.65. The van der Waals surface area contributed by atoms with Crippen molar-refractivity contribution < 1.29 is 30.0 Å². The summed E-state index contributed by atoms with van der Waals surface area (Å²) in [6.07, 6.45) is 1.89. The van der Waals surface area contributed by atoms with E-state index in [2.05, 4.69) is 5.32 Å². The largest absolute Gasteiger partial charge is 0.384 e. The van der Waals surface area contributed by atoms with Gasteiger partial charge in [0.15, 0.2) is 11.5 Å². The molecule has 1 aromatic rings. The molecule has 1 rings (SSSR count). The van der Waals surface area contributed by atoms with Crippen molar-refractivity contribution in [2.45, 2.75) is 13.3 Å². The van der Waals surface area contributed by atoms with Crippen LogP contribution < -0.4 is 13.7 Å². The minimum absolute atomic E-state index is 0.219. The van der Waals surface area contributed by atoms with Gasteiger partial charge >= 0.3 is 20.6 Å². The molecule has 11 nitrogen and oxygen atoms in total. The lowest BCUT2D eigenvalue weighted by molar-refractivity contribution is -0.117. The maximum Gasteiger partial charge on any atom is 0.384 e. The van der Waals surface area contributed by atoms with Crippen LogP contribution in [0, 0.1) is 11.3 Å². The third-order valence-corrected chi connectivity index (χ3v) is 6.03. The molecule has 1 amide bonds. The monoisotopic (exact) mass is 460 g/mol. The van der Waals surface area contributed by atoms with Gasteiger partial charge in [0.1, 0.15) is 11.6 Å². The fraction of sp³-hybridized carbons (Fsp3) is 0.412. The van der Waals surface area contributed by atoms with Gasteiger partial charge in [-0.2, -0.15) is 30.7 Å². The normalized spacial score (nSPS) is 12.5. The lowest BCUT2D eigenvalue weighted by Crippen LogP contribution is -2.29. The van der Waals surface area contributed by atoms with Crippen LogP contribution in [0.25, 0.3) is 6.08 Å². The molecule has 0 unspecified atom stereocenters. The van der Waals surface area contributed by atoms with Crippen molar-refractivity contribution in [1.82, 2.24) is 13.9 Å². The summed E-state index contributed by atoms with van der Waals surface area (Å²) in [5.41, 5.74) is -0.00352. The number of benzene rings is 1. The zero-order chi connectivity index (χ0) is 23.1. The Bertz CT molecular complexity index is 1060. The van der Waals surface area contributed by atoms with Gasteiger partial charge in [-0.1, -0.05) is 13.0 Å². The molecule has 0 bridgehead atoms. The van der Waals surface area contributed by atoms with E-state index in [-0.39, 0.29) is 16.9 Å². The van der Waals surface area contributed by atoms with Crippen molar-refractivity contribution in [2.24, 2.45) is 0 Å². The van der Waals surface area contributed by atoms with Gasteiger partial charge in [-0.3, -0.25) is 4.79 Å². The summed E-state index contributed by atoms with van der Waals surface area (Å²) in [6, 6.07) is 5.41. The third kappa shape index (κ3) is 6.99. The fourth-order valence-corrected chi connectivity index (χ4v) is 2.79. The van der Waals surface area contributed by atoms with E-state index in [4.69, 9.17) is 8.37 Å². The Kier molecular flexibility index (Phi) is 8.79. The number of carbonyl (C=O) groups excluding carboxylic acids is 1. The molecule has 0 spiro atoms. The van der Waals surface area contributed by atoms with E-state index >= 15 is 0 Å². The second-order valence-electron chi connectivity index (χ2n) is 6.28. The molecule has 0 radical (unpaired) electrons. The standard InChI is InChI=1S/C17H24N4O7S2/c1-6-9-19-17(22)14(12-18)10-13-7-8-15(27-29(23,24)20(2)3)16(11-13)28-30(25,26)21(4)5/h7-8,10-11H,6,9H2,1-5H3,(H,19,22). The molecule has 0 aliphatic rings. The molecule has 1 aromatic carbocycles. The Hall–Kier alpha value is -2.66. The first-order valence-electron chi connectivity index (χ1n) is 8.62. The number of nitriles is 1. The summed E-state index contributed by atoms with van der Waals surface area (Å²) in [4.78, 5) is 12.0. The predicted molar refractivity (Wildman–Crippen MR) is 110 cm³/mol. The van der Waals surface area contributed by atoms with E-state index in [1.165, 1.54) is 40.3 Å². The van der Waals surface area contributed by atoms with Crippen molar-refractivity contribution >= 4 is 32.6 Å². The molecule has 0 saturated heterocycles. The summed E-state index contributed by atoms with van der Waals surface area (Å²) < 4.78 is 59.8. The molecule has 0 aliphatic heterocycles. The number of hydrogen-bond donors (Lipinski definition) is 1. The summed E-state index contributed by atoms with van der Waals surface area (Å²) in [5.74, 6) is -1.42.